The quantitative estimate of drug-likeness (QED) is 0.572. The van der Waals surface area contributed by atoms with Gasteiger partial charge in [-0.1, -0.05) is 23.1 Å². The molecule has 1 aromatic heterocycles. The predicted octanol–water partition coefficient (Wildman–Crippen LogP) is 1.23. The van der Waals surface area contributed by atoms with E-state index in [1.165, 1.54) is 0 Å². The van der Waals surface area contributed by atoms with Crippen LogP contribution < -0.4 is 5.32 Å². The first-order valence-corrected chi connectivity index (χ1v) is 6.69. The number of amides is 1. The van der Waals surface area contributed by atoms with Crippen molar-refractivity contribution in [3.63, 3.8) is 0 Å². The number of ether oxygens (including phenoxy) is 1. The van der Waals surface area contributed by atoms with Gasteiger partial charge in [-0.25, -0.2) is 0 Å². The number of hydrogen-bond acceptors (Lipinski definition) is 7. The van der Waals surface area contributed by atoms with E-state index in [4.69, 9.17) is 5.11 Å². The number of anilines is 1. The number of alkyl halides is 3. The molecule has 0 aliphatic rings. The van der Waals surface area contributed by atoms with Crippen molar-refractivity contribution in [2.75, 3.05) is 24.3 Å². The van der Waals surface area contributed by atoms with E-state index >= 15 is 0 Å². The molecule has 0 saturated carbocycles. The van der Waals surface area contributed by atoms with Crippen LogP contribution in [0.3, 0.4) is 0 Å². The molecule has 20 heavy (non-hydrogen) atoms. The number of hydrogen-bond donors (Lipinski definition) is 2. The molecule has 0 aromatic carbocycles. The first-order valence-electron chi connectivity index (χ1n) is 4.89. The molecular formula is C8H8F3N3O4S2. The number of aromatic nitrogens is 2. The molecule has 0 unspecified atom stereocenters. The van der Waals surface area contributed by atoms with Crippen LogP contribution in [0.25, 0.3) is 0 Å². The van der Waals surface area contributed by atoms with Crippen molar-refractivity contribution in [2.24, 2.45) is 0 Å². The zero-order valence-corrected chi connectivity index (χ0v) is 11.3. The van der Waals surface area contributed by atoms with E-state index < -0.39 is 31.3 Å². The third-order valence-corrected chi connectivity index (χ3v) is 3.43. The fourth-order valence-corrected chi connectivity index (χ4v) is 2.35. The number of halogens is 3. The Morgan fingerprint density at radius 1 is 1.40 bits per heavy atom. The lowest BCUT2D eigenvalue weighted by Crippen LogP contribution is -2.23. The van der Waals surface area contributed by atoms with Gasteiger partial charge in [-0.15, -0.1) is 10.2 Å². The summed E-state index contributed by atoms with van der Waals surface area (Å²) < 4.78 is 39.7. The molecular weight excluding hydrogens is 323 g/mol. The summed E-state index contributed by atoms with van der Waals surface area (Å²) in [7, 11) is 0. The van der Waals surface area contributed by atoms with Crippen LogP contribution in [0.4, 0.5) is 18.3 Å². The molecule has 0 spiro atoms. The number of aliphatic carboxylic acids is 1. The largest absolute Gasteiger partial charge is 0.481 e. The molecule has 0 atom stereocenters. The summed E-state index contributed by atoms with van der Waals surface area (Å²) in [6, 6.07) is 0. The average molecular weight is 331 g/mol. The van der Waals surface area contributed by atoms with E-state index in [0.29, 0.717) is 4.34 Å². The Balaban J connectivity index is 2.33. The smallest absolute Gasteiger partial charge is 0.411 e. The van der Waals surface area contributed by atoms with Gasteiger partial charge in [-0.3, -0.25) is 14.9 Å². The highest BCUT2D eigenvalue weighted by Crippen LogP contribution is 2.25. The Labute approximate surface area is 118 Å². The van der Waals surface area contributed by atoms with Crippen LogP contribution in [0.2, 0.25) is 0 Å². The van der Waals surface area contributed by atoms with Crippen LogP contribution in [0.5, 0.6) is 0 Å². The van der Waals surface area contributed by atoms with Gasteiger partial charge < -0.3 is 9.84 Å². The lowest BCUT2D eigenvalue weighted by atomic mass is 10.6. The molecule has 1 aromatic rings. The van der Waals surface area contributed by atoms with Gasteiger partial charge in [0.1, 0.15) is 13.2 Å². The number of carboxylic acid groups (broad SMARTS) is 1. The number of carbonyl (C=O) groups excluding carboxylic acids is 1. The van der Waals surface area contributed by atoms with Crippen molar-refractivity contribution in [2.45, 2.75) is 10.5 Å². The molecule has 7 nitrogen and oxygen atoms in total. The Bertz CT molecular complexity index is 480. The van der Waals surface area contributed by atoms with Crippen LogP contribution in [-0.4, -0.2) is 52.3 Å². The summed E-state index contributed by atoms with van der Waals surface area (Å²) in [5.74, 6) is -2.05. The predicted molar refractivity (Wildman–Crippen MR) is 63.8 cm³/mol. The Morgan fingerprint density at radius 2 is 2.10 bits per heavy atom. The molecule has 0 radical (unpaired) electrons. The summed E-state index contributed by atoms with van der Waals surface area (Å²) in [5.41, 5.74) is 0. The van der Waals surface area contributed by atoms with Crippen molar-refractivity contribution in [3.8, 4) is 0 Å². The van der Waals surface area contributed by atoms with Crippen molar-refractivity contribution in [3.05, 3.63) is 0 Å². The van der Waals surface area contributed by atoms with Crippen LogP contribution in [0.15, 0.2) is 4.34 Å². The average Bonchev–Trinajstić information content (AvgIpc) is 2.72. The fourth-order valence-electron chi connectivity index (χ4n) is 0.857. The monoisotopic (exact) mass is 331 g/mol. The summed E-state index contributed by atoms with van der Waals surface area (Å²) in [6.45, 7) is -2.28. The molecule has 0 bridgehead atoms. The van der Waals surface area contributed by atoms with Gasteiger partial charge in [0.25, 0.3) is 5.91 Å². The lowest BCUT2D eigenvalue weighted by Gasteiger charge is -2.06. The highest BCUT2D eigenvalue weighted by molar-refractivity contribution is 8.01. The van der Waals surface area contributed by atoms with Gasteiger partial charge in [-0.2, -0.15) is 13.2 Å². The molecule has 1 amide bonds. The molecule has 2 N–H and O–H groups in total. The third-order valence-electron chi connectivity index (χ3n) is 1.47. The summed E-state index contributed by atoms with van der Waals surface area (Å²) in [4.78, 5) is 21.5. The van der Waals surface area contributed by atoms with E-state index in [9.17, 15) is 22.8 Å². The van der Waals surface area contributed by atoms with E-state index in [1.54, 1.807) is 0 Å². The van der Waals surface area contributed by atoms with Gasteiger partial charge in [-0.05, 0) is 0 Å². The first-order chi connectivity index (χ1) is 9.26. The molecule has 1 rings (SSSR count). The standard InChI is InChI=1S/C8H8F3N3O4S2/c9-8(10,11)3-18-1-4(15)12-6-13-14-7(20-6)19-2-5(16)17/h1-3H2,(H,16,17)(H,12,13,15). The minimum absolute atomic E-state index is 0.0542. The van der Waals surface area contributed by atoms with Gasteiger partial charge in [0, 0.05) is 0 Å². The van der Waals surface area contributed by atoms with Crippen molar-refractivity contribution < 1.29 is 32.6 Å². The lowest BCUT2D eigenvalue weighted by molar-refractivity contribution is -0.174. The Morgan fingerprint density at radius 3 is 2.70 bits per heavy atom. The van der Waals surface area contributed by atoms with Crippen molar-refractivity contribution in [1.82, 2.24) is 10.2 Å². The number of nitrogens with one attached hydrogen (secondary N) is 1. The Kier molecular flexibility index (Phi) is 6.16. The SMILES string of the molecule is O=C(O)CSc1nnc(NC(=O)COCC(F)(F)F)s1. The highest BCUT2D eigenvalue weighted by atomic mass is 32.2. The maximum Gasteiger partial charge on any atom is 0.411 e. The zero-order chi connectivity index (χ0) is 15.2. The topological polar surface area (TPSA) is 101 Å². The normalized spacial score (nSPS) is 11.3. The van der Waals surface area contributed by atoms with E-state index in [1.807, 2.05) is 0 Å². The molecule has 0 aliphatic heterocycles. The molecule has 112 valence electrons. The maximum absolute atomic E-state index is 11.8. The summed E-state index contributed by atoms with van der Waals surface area (Å²) in [6.07, 6.45) is -4.50. The minimum Gasteiger partial charge on any atom is -0.481 e. The first kappa shape index (κ1) is 16.7. The van der Waals surface area contributed by atoms with E-state index in [2.05, 4.69) is 20.3 Å². The number of nitrogens with zero attached hydrogens (tertiary/aromatic N) is 2. The summed E-state index contributed by atoms with van der Waals surface area (Å²) >= 11 is 1.82. The number of carbonyl (C=O) groups is 2. The van der Waals surface area contributed by atoms with Gasteiger partial charge >= 0.3 is 12.1 Å². The second kappa shape index (κ2) is 7.40. The van der Waals surface area contributed by atoms with Crippen molar-refractivity contribution >= 4 is 40.1 Å². The van der Waals surface area contributed by atoms with Gasteiger partial charge in [0.15, 0.2) is 4.34 Å². The van der Waals surface area contributed by atoms with E-state index in [-0.39, 0.29) is 10.9 Å². The van der Waals surface area contributed by atoms with Gasteiger partial charge in [0.2, 0.25) is 5.13 Å². The molecule has 1 heterocycles. The van der Waals surface area contributed by atoms with Crippen LogP contribution in [0, 0.1) is 0 Å². The summed E-state index contributed by atoms with van der Waals surface area (Å²) in [5, 5.41) is 17.8. The molecule has 12 heteroatoms. The second-order valence-electron chi connectivity index (χ2n) is 3.21. The number of thioether (sulfide) groups is 1. The fraction of sp³-hybridized carbons (Fsp3) is 0.500. The number of rotatable bonds is 7. The van der Waals surface area contributed by atoms with Gasteiger partial charge in [0.05, 0.1) is 5.75 Å². The second-order valence-corrected chi connectivity index (χ2v) is 5.41. The molecule has 0 saturated heterocycles. The van der Waals surface area contributed by atoms with E-state index in [0.717, 1.165) is 23.1 Å². The Hall–Kier alpha value is -1.40. The molecule has 0 fully saturated rings. The third kappa shape index (κ3) is 7.25. The molecule has 0 aliphatic carbocycles. The van der Waals surface area contributed by atoms with Crippen molar-refractivity contribution in [1.29, 1.82) is 0 Å². The van der Waals surface area contributed by atoms with Crippen LogP contribution in [0.1, 0.15) is 0 Å². The minimum atomic E-state index is -4.50. The number of carboxylic acids is 1. The zero-order valence-electron chi connectivity index (χ0n) is 9.64. The maximum atomic E-state index is 11.8. The van der Waals surface area contributed by atoms with Crippen LogP contribution in [-0.2, 0) is 14.3 Å². The highest BCUT2D eigenvalue weighted by Gasteiger charge is 2.27. The van der Waals surface area contributed by atoms with Crippen LogP contribution >= 0.6 is 23.1 Å².